The zero-order chi connectivity index (χ0) is 14.6. The van der Waals surface area contributed by atoms with Gasteiger partial charge in [0.05, 0.1) is 18.9 Å². The summed E-state index contributed by atoms with van der Waals surface area (Å²) in [6, 6.07) is 0. The second kappa shape index (κ2) is 6.64. The maximum atomic E-state index is 12.2. The zero-order valence-corrected chi connectivity index (χ0v) is 12.5. The van der Waals surface area contributed by atoms with Crippen LogP contribution in [0.1, 0.15) is 5.56 Å². The van der Waals surface area contributed by atoms with Crippen molar-refractivity contribution in [3.05, 3.63) is 11.8 Å². The van der Waals surface area contributed by atoms with Crippen LogP contribution in [0.25, 0.3) is 0 Å². The third kappa shape index (κ3) is 3.76. The Balaban J connectivity index is 1.98. The number of likely N-dealkylation sites (N-methyl/N-ethyl adjacent to an activating group) is 1. The molecule has 1 unspecified atom stereocenters. The fourth-order valence-corrected chi connectivity index (χ4v) is 3.31. The Labute approximate surface area is 118 Å². The van der Waals surface area contributed by atoms with Crippen molar-refractivity contribution in [2.45, 2.75) is 17.7 Å². The number of hydrogen-bond donors (Lipinski definition) is 3. The first-order chi connectivity index (χ1) is 9.53. The third-order valence-electron chi connectivity index (χ3n) is 3.16. The molecule has 1 saturated heterocycles. The van der Waals surface area contributed by atoms with Crippen molar-refractivity contribution < 1.29 is 13.2 Å². The van der Waals surface area contributed by atoms with Crippen LogP contribution in [0.4, 0.5) is 0 Å². The van der Waals surface area contributed by atoms with E-state index in [1.165, 1.54) is 6.20 Å². The second-order valence-corrected chi connectivity index (χ2v) is 6.57. The van der Waals surface area contributed by atoms with Gasteiger partial charge in [0.15, 0.2) is 5.03 Å². The Kier molecular flexibility index (Phi) is 5.11. The summed E-state index contributed by atoms with van der Waals surface area (Å²) in [6.45, 7) is 2.91. The topological polar surface area (TPSA) is 99.3 Å². The molecule has 0 aliphatic carbocycles. The van der Waals surface area contributed by atoms with Gasteiger partial charge in [-0.25, -0.2) is 13.1 Å². The molecule has 2 rings (SSSR count). The highest BCUT2D eigenvalue weighted by Crippen LogP contribution is 2.12. The highest BCUT2D eigenvalue weighted by Gasteiger charge is 2.24. The van der Waals surface area contributed by atoms with E-state index in [-0.39, 0.29) is 17.7 Å². The average molecular weight is 303 g/mol. The van der Waals surface area contributed by atoms with Crippen LogP contribution in [0.15, 0.2) is 11.2 Å². The van der Waals surface area contributed by atoms with Crippen molar-refractivity contribution in [2.24, 2.45) is 0 Å². The molecule has 1 aromatic heterocycles. The lowest BCUT2D eigenvalue weighted by Crippen LogP contribution is -2.46. The maximum absolute atomic E-state index is 12.2. The standard InChI is InChI=1S/C11H21N5O3S/c1-12-5-9-6-13-15-11(9)20(17,18)14-7-10-8-16(2)3-4-19-10/h6,10,12,14H,3-5,7-8H2,1-2H3,(H,13,15). The summed E-state index contributed by atoms with van der Waals surface area (Å²) < 4.78 is 32.6. The first-order valence-corrected chi connectivity index (χ1v) is 7.98. The lowest BCUT2D eigenvalue weighted by molar-refractivity contribution is -0.0156. The minimum atomic E-state index is -3.59. The maximum Gasteiger partial charge on any atom is 0.257 e. The van der Waals surface area contributed by atoms with E-state index in [1.54, 1.807) is 7.05 Å². The Bertz CT molecular complexity index is 530. The molecule has 0 amide bonds. The SMILES string of the molecule is CNCc1cn[nH]c1S(=O)(=O)NCC1CN(C)CCO1. The number of nitrogens with zero attached hydrogens (tertiary/aromatic N) is 2. The number of sulfonamides is 1. The normalized spacial score (nSPS) is 21.2. The number of aromatic nitrogens is 2. The first-order valence-electron chi connectivity index (χ1n) is 6.49. The van der Waals surface area contributed by atoms with Crippen LogP contribution < -0.4 is 10.0 Å². The molecule has 0 aromatic carbocycles. The van der Waals surface area contributed by atoms with Crippen LogP contribution in [0, 0.1) is 0 Å². The monoisotopic (exact) mass is 303 g/mol. The van der Waals surface area contributed by atoms with Gasteiger partial charge >= 0.3 is 0 Å². The van der Waals surface area contributed by atoms with Crippen molar-refractivity contribution >= 4 is 10.0 Å². The number of ether oxygens (including phenoxy) is 1. The van der Waals surface area contributed by atoms with Gasteiger partial charge in [-0.1, -0.05) is 0 Å². The van der Waals surface area contributed by atoms with E-state index in [1.807, 2.05) is 7.05 Å². The molecule has 3 N–H and O–H groups in total. The van der Waals surface area contributed by atoms with Crippen molar-refractivity contribution in [1.29, 1.82) is 0 Å². The van der Waals surface area contributed by atoms with Gasteiger partial charge in [-0.15, -0.1) is 0 Å². The molecule has 1 aliphatic heterocycles. The molecule has 0 saturated carbocycles. The quantitative estimate of drug-likeness (QED) is 0.606. The molecular weight excluding hydrogens is 282 g/mol. The minimum absolute atomic E-state index is 0.107. The van der Waals surface area contributed by atoms with Gasteiger partial charge in [0, 0.05) is 31.7 Å². The summed E-state index contributed by atoms with van der Waals surface area (Å²) in [5, 5.41) is 9.34. The number of H-pyrrole nitrogens is 1. The Morgan fingerprint density at radius 1 is 1.60 bits per heavy atom. The van der Waals surface area contributed by atoms with Crippen LogP contribution in [0.3, 0.4) is 0 Å². The van der Waals surface area contributed by atoms with E-state index in [4.69, 9.17) is 4.74 Å². The minimum Gasteiger partial charge on any atom is -0.374 e. The fourth-order valence-electron chi connectivity index (χ4n) is 2.11. The van der Waals surface area contributed by atoms with Crippen molar-refractivity contribution in [3.63, 3.8) is 0 Å². The largest absolute Gasteiger partial charge is 0.374 e. The van der Waals surface area contributed by atoms with E-state index in [9.17, 15) is 8.42 Å². The smallest absolute Gasteiger partial charge is 0.257 e. The molecule has 1 aliphatic rings. The molecule has 1 fully saturated rings. The van der Waals surface area contributed by atoms with Gasteiger partial charge in [0.2, 0.25) is 0 Å². The van der Waals surface area contributed by atoms with Crippen molar-refractivity contribution in [3.8, 4) is 0 Å². The number of rotatable bonds is 6. The summed E-state index contributed by atoms with van der Waals surface area (Å²) in [7, 11) is 0.149. The van der Waals surface area contributed by atoms with Crippen molar-refractivity contribution in [1.82, 2.24) is 25.1 Å². The van der Waals surface area contributed by atoms with Crippen LogP contribution in [-0.4, -0.2) is 70.0 Å². The van der Waals surface area contributed by atoms with E-state index in [0.717, 1.165) is 13.1 Å². The summed E-state index contributed by atoms with van der Waals surface area (Å²) >= 11 is 0. The molecule has 0 bridgehead atoms. The molecule has 114 valence electrons. The zero-order valence-electron chi connectivity index (χ0n) is 11.7. The van der Waals surface area contributed by atoms with Crippen molar-refractivity contribution in [2.75, 3.05) is 40.3 Å². The molecule has 1 atom stereocenters. The third-order valence-corrected chi connectivity index (χ3v) is 4.59. The van der Waals surface area contributed by atoms with Crippen LogP contribution in [0.5, 0.6) is 0 Å². The second-order valence-electron chi connectivity index (χ2n) is 4.86. The van der Waals surface area contributed by atoms with E-state index in [0.29, 0.717) is 18.7 Å². The molecule has 8 nitrogen and oxygen atoms in total. The predicted molar refractivity (Wildman–Crippen MR) is 73.8 cm³/mol. The molecule has 2 heterocycles. The summed E-state index contributed by atoms with van der Waals surface area (Å²) in [5.74, 6) is 0. The first kappa shape index (κ1) is 15.4. The lowest BCUT2D eigenvalue weighted by Gasteiger charge is -2.29. The van der Waals surface area contributed by atoms with Gasteiger partial charge in [-0.3, -0.25) is 5.10 Å². The lowest BCUT2D eigenvalue weighted by atomic mass is 10.3. The van der Waals surface area contributed by atoms with Gasteiger partial charge < -0.3 is 15.0 Å². The predicted octanol–water partition coefficient (Wildman–Crippen LogP) is -1.26. The van der Waals surface area contributed by atoms with Crippen LogP contribution in [-0.2, 0) is 21.3 Å². The number of nitrogens with one attached hydrogen (secondary N) is 3. The van der Waals surface area contributed by atoms with Crippen LogP contribution >= 0.6 is 0 Å². The van der Waals surface area contributed by atoms with Crippen LogP contribution in [0.2, 0.25) is 0 Å². The summed E-state index contributed by atoms with van der Waals surface area (Å²) in [5.41, 5.74) is 0.613. The molecule has 20 heavy (non-hydrogen) atoms. The summed E-state index contributed by atoms with van der Waals surface area (Å²) in [6.07, 6.45) is 1.38. The number of aromatic amines is 1. The highest BCUT2D eigenvalue weighted by molar-refractivity contribution is 7.89. The fraction of sp³-hybridized carbons (Fsp3) is 0.727. The van der Waals surface area contributed by atoms with E-state index >= 15 is 0 Å². The molecule has 0 radical (unpaired) electrons. The highest BCUT2D eigenvalue weighted by atomic mass is 32.2. The summed E-state index contributed by atoms with van der Waals surface area (Å²) in [4.78, 5) is 2.12. The Hall–Kier alpha value is -1.00. The van der Waals surface area contributed by atoms with Gasteiger partial charge in [0.1, 0.15) is 0 Å². The van der Waals surface area contributed by atoms with E-state index in [2.05, 4.69) is 25.1 Å². The molecular formula is C11H21N5O3S. The Morgan fingerprint density at radius 3 is 3.10 bits per heavy atom. The number of hydrogen-bond acceptors (Lipinski definition) is 6. The number of morpholine rings is 1. The molecule has 9 heteroatoms. The average Bonchev–Trinajstić information content (AvgIpc) is 2.86. The van der Waals surface area contributed by atoms with E-state index < -0.39 is 10.0 Å². The molecule has 0 spiro atoms. The molecule has 1 aromatic rings. The van der Waals surface area contributed by atoms with Gasteiger partial charge in [-0.2, -0.15) is 5.10 Å². The Morgan fingerprint density at radius 2 is 2.40 bits per heavy atom. The van der Waals surface area contributed by atoms with Gasteiger partial charge in [0.25, 0.3) is 10.0 Å². The van der Waals surface area contributed by atoms with Gasteiger partial charge in [-0.05, 0) is 14.1 Å².